The van der Waals surface area contributed by atoms with E-state index in [4.69, 9.17) is 0 Å². The molecule has 2 fully saturated rings. The molecule has 2 aliphatic rings. The molecule has 2 amide bonds. The molecule has 2 heterocycles. The number of rotatable bonds is 6. The smallest absolute Gasteiger partial charge is 0.314 e. The van der Waals surface area contributed by atoms with Crippen molar-refractivity contribution in [2.75, 3.05) is 44.2 Å². The summed E-state index contributed by atoms with van der Waals surface area (Å²) in [5, 5.41) is 5.98. The van der Waals surface area contributed by atoms with Gasteiger partial charge in [0.25, 0.3) is 0 Å². The molecule has 144 valence electrons. The third kappa shape index (κ3) is 5.34. The number of benzene rings is 1. The highest BCUT2D eigenvalue weighted by atomic mass is 19.1. The average Bonchev–Trinajstić information content (AvgIpc) is 3.11. The van der Waals surface area contributed by atoms with Crippen molar-refractivity contribution >= 4 is 11.7 Å². The molecule has 26 heavy (non-hydrogen) atoms. The van der Waals surface area contributed by atoms with Gasteiger partial charge in [0.05, 0.1) is 0 Å². The Bertz CT molecular complexity index is 580. The lowest BCUT2D eigenvalue weighted by Gasteiger charge is -2.33. The molecule has 0 saturated carbocycles. The maximum Gasteiger partial charge on any atom is 0.314 e. The number of hydrogen-bond acceptors (Lipinski definition) is 3. The first kappa shape index (κ1) is 19.0. The Labute approximate surface area is 155 Å². The van der Waals surface area contributed by atoms with Crippen molar-refractivity contribution in [1.82, 2.24) is 15.5 Å². The number of urea groups is 1. The molecule has 1 aromatic rings. The van der Waals surface area contributed by atoms with Crippen LogP contribution in [0.15, 0.2) is 24.3 Å². The van der Waals surface area contributed by atoms with Gasteiger partial charge >= 0.3 is 6.03 Å². The first-order valence-corrected chi connectivity index (χ1v) is 9.88. The van der Waals surface area contributed by atoms with E-state index in [1.54, 1.807) is 0 Å². The van der Waals surface area contributed by atoms with Crippen LogP contribution in [0.3, 0.4) is 0 Å². The Morgan fingerprint density at radius 2 is 1.96 bits per heavy atom. The fraction of sp³-hybridized carbons (Fsp3) is 0.650. The van der Waals surface area contributed by atoms with Gasteiger partial charge in [-0.05, 0) is 62.9 Å². The lowest BCUT2D eigenvalue weighted by Crippen LogP contribution is -2.45. The predicted molar refractivity (Wildman–Crippen MR) is 103 cm³/mol. The van der Waals surface area contributed by atoms with Gasteiger partial charge < -0.3 is 15.5 Å². The van der Waals surface area contributed by atoms with Crippen LogP contribution in [0, 0.1) is 11.7 Å². The van der Waals surface area contributed by atoms with E-state index in [0.29, 0.717) is 25.0 Å². The molecule has 6 heteroatoms. The molecular weight excluding hydrogens is 331 g/mol. The Morgan fingerprint density at radius 1 is 1.15 bits per heavy atom. The predicted octanol–water partition coefficient (Wildman–Crippen LogP) is 2.83. The van der Waals surface area contributed by atoms with Crippen LogP contribution in [0.4, 0.5) is 14.9 Å². The summed E-state index contributed by atoms with van der Waals surface area (Å²) in [5.74, 6) is 0.231. The minimum atomic E-state index is -0.207. The van der Waals surface area contributed by atoms with Gasteiger partial charge in [-0.15, -0.1) is 0 Å². The van der Waals surface area contributed by atoms with Crippen molar-refractivity contribution in [2.24, 2.45) is 5.92 Å². The van der Waals surface area contributed by atoms with Gasteiger partial charge in [0.15, 0.2) is 0 Å². The van der Waals surface area contributed by atoms with Crippen molar-refractivity contribution in [3.63, 3.8) is 0 Å². The number of anilines is 1. The molecule has 2 saturated heterocycles. The first-order valence-electron chi connectivity index (χ1n) is 9.88. The highest BCUT2D eigenvalue weighted by Crippen LogP contribution is 2.23. The second-order valence-electron chi connectivity index (χ2n) is 7.59. The van der Waals surface area contributed by atoms with E-state index < -0.39 is 0 Å². The highest BCUT2D eigenvalue weighted by Gasteiger charge is 2.23. The number of hydrogen-bond donors (Lipinski definition) is 2. The Kier molecular flexibility index (Phi) is 6.72. The summed E-state index contributed by atoms with van der Waals surface area (Å²) in [6, 6.07) is 7.19. The SMILES string of the molecule is CC1CCCCN1CCNC(=O)NCC1CCN(c2ccc(F)cc2)C1. The third-order valence-electron chi connectivity index (χ3n) is 5.65. The number of carbonyl (C=O) groups is 1. The number of amides is 2. The summed E-state index contributed by atoms with van der Waals surface area (Å²) in [6.45, 7) is 7.57. The van der Waals surface area contributed by atoms with E-state index in [1.165, 1.54) is 31.4 Å². The van der Waals surface area contributed by atoms with E-state index in [9.17, 15) is 9.18 Å². The Balaban J connectivity index is 1.31. The zero-order valence-electron chi connectivity index (χ0n) is 15.7. The minimum Gasteiger partial charge on any atom is -0.371 e. The first-order chi connectivity index (χ1) is 12.6. The van der Waals surface area contributed by atoms with Gasteiger partial charge in [0, 0.05) is 44.5 Å². The van der Waals surface area contributed by atoms with Gasteiger partial charge in [0.2, 0.25) is 0 Å². The second-order valence-corrected chi connectivity index (χ2v) is 7.59. The maximum atomic E-state index is 13.0. The summed E-state index contributed by atoms with van der Waals surface area (Å²) in [6.07, 6.45) is 4.89. The summed E-state index contributed by atoms with van der Waals surface area (Å²) in [7, 11) is 0. The number of halogens is 1. The average molecular weight is 362 g/mol. The quantitative estimate of drug-likeness (QED) is 0.818. The number of carbonyl (C=O) groups excluding carboxylic acids is 1. The molecule has 1 aromatic carbocycles. The van der Waals surface area contributed by atoms with Crippen molar-refractivity contribution in [3.8, 4) is 0 Å². The molecule has 5 nitrogen and oxygen atoms in total. The molecular formula is C20H31FN4O. The number of likely N-dealkylation sites (tertiary alicyclic amines) is 1. The van der Waals surface area contributed by atoms with Crippen LogP contribution in [-0.2, 0) is 0 Å². The molecule has 0 radical (unpaired) electrons. The zero-order chi connectivity index (χ0) is 18.4. The van der Waals surface area contributed by atoms with E-state index in [0.717, 1.165) is 38.3 Å². The van der Waals surface area contributed by atoms with Crippen LogP contribution in [0.1, 0.15) is 32.6 Å². The highest BCUT2D eigenvalue weighted by molar-refractivity contribution is 5.73. The molecule has 0 aliphatic carbocycles. The Hall–Kier alpha value is -1.82. The molecule has 2 atom stereocenters. The topological polar surface area (TPSA) is 47.6 Å². The summed E-state index contributed by atoms with van der Waals surface area (Å²) in [4.78, 5) is 16.7. The van der Waals surface area contributed by atoms with Crippen molar-refractivity contribution in [1.29, 1.82) is 0 Å². The molecule has 2 aliphatic heterocycles. The normalized spacial score (nSPS) is 23.8. The third-order valence-corrected chi connectivity index (χ3v) is 5.65. The maximum absolute atomic E-state index is 13.0. The van der Waals surface area contributed by atoms with Crippen LogP contribution >= 0.6 is 0 Å². The molecule has 2 N–H and O–H groups in total. The van der Waals surface area contributed by atoms with E-state index >= 15 is 0 Å². The van der Waals surface area contributed by atoms with Crippen LogP contribution in [0.25, 0.3) is 0 Å². The van der Waals surface area contributed by atoms with Gasteiger partial charge in [0.1, 0.15) is 5.82 Å². The molecule has 0 bridgehead atoms. The van der Waals surface area contributed by atoms with Crippen LogP contribution < -0.4 is 15.5 Å². The minimum absolute atomic E-state index is 0.0742. The summed E-state index contributed by atoms with van der Waals surface area (Å²) in [5.41, 5.74) is 1.05. The van der Waals surface area contributed by atoms with E-state index in [2.05, 4.69) is 27.4 Å². The molecule has 2 unspecified atom stereocenters. The van der Waals surface area contributed by atoms with Crippen LogP contribution in [-0.4, -0.2) is 56.2 Å². The lowest BCUT2D eigenvalue weighted by molar-refractivity contribution is 0.161. The van der Waals surface area contributed by atoms with Crippen molar-refractivity contribution in [3.05, 3.63) is 30.1 Å². The second kappa shape index (κ2) is 9.21. The number of nitrogens with one attached hydrogen (secondary N) is 2. The largest absolute Gasteiger partial charge is 0.371 e. The van der Waals surface area contributed by atoms with Crippen molar-refractivity contribution < 1.29 is 9.18 Å². The Morgan fingerprint density at radius 3 is 2.73 bits per heavy atom. The van der Waals surface area contributed by atoms with Gasteiger partial charge in [-0.2, -0.15) is 0 Å². The lowest BCUT2D eigenvalue weighted by atomic mass is 10.0. The van der Waals surface area contributed by atoms with Crippen LogP contribution in [0.5, 0.6) is 0 Å². The van der Waals surface area contributed by atoms with Gasteiger partial charge in [-0.3, -0.25) is 4.90 Å². The monoisotopic (exact) mass is 362 g/mol. The fourth-order valence-electron chi connectivity index (χ4n) is 3.99. The fourth-order valence-corrected chi connectivity index (χ4v) is 3.99. The molecule has 3 rings (SSSR count). The van der Waals surface area contributed by atoms with E-state index in [-0.39, 0.29) is 11.8 Å². The summed E-state index contributed by atoms with van der Waals surface area (Å²) >= 11 is 0. The molecule has 0 aromatic heterocycles. The van der Waals surface area contributed by atoms with Gasteiger partial charge in [-0.1, -0.05) is 6.42 Å². The number of piperidine rings is 1. The standard InChI is InChI=1S/C20H31FN4O/c1-16-4-2-3-11-24(16)13-10-22-20(26)23-14-17-9-12-25(15-17)19-7-5-18(21)6-8-19/h5-8,16-17H,2-4,9-15H2,1H3,(H2,22,23,26). The van der Waals surface area contributed by atoms with Crippen molar-refractivity contribution in [2.45, 2.75) is 38.6 Å². The number of nitrogens with zero attached hydrogens (tertiary/aromatic N) is 2. The summed E-state index contributed by atoms with van der Waals surface area (Å²) < 4.78 is 13.0. The van der Waals surface area contributed by atoms with Crippen LogP contribution in [0.2, 0.25) is 0 Å². The van der Waals surface area contributed by atoms with E-state index in [1.807, 2.05) is 12.1 Å². The zero-order valence-corrected chi connectivity index (χ0v) is 15.7. The molecule has 0 spiro atoms. The van der Waals surface area contributed by atoms with Gasteiger partial charge in [-0.25, -0.2) is 9.18 Å².